The van der Waals surface area contributed by atoms with Crippen molar-refractivity contribution in [2.24, 2.45) is 0 Å². The number of rotatable bonds is 4. The first-order valence-corrected chi connectivity index (χ1v) is 9.93. The minimum atomic E-state index is 0.00957. The molecular weight excluding hydrogens is 324 g/mol. The highest BCUT2D eigenvalue weighted by Gasteiger charge is 2.29. The summed E-state index contributed by atoms with van der Waals surface area (Å²) in [6.07, 6.45) is 8.82. The zero-order valence-corrected chi connectivity index (χ0v) is 16.2. The molecule has 1 saturated heterocycles. The van der Waals surface area contributed by atoms with E-state index in [1.165, 1.54) is 32.4 Å². The van der Waals surface area contributed by atoms with E-state index in [2.05, 4.69) is 48.1 Å². The van der Waals surface area contributed by atoms with Crippen molar-refractivity contribution in [1.82, 2.24) is 19.9 Å². The lowest BCUT2D eigenvalue weighted by Crippen LogP contribution is -2.46. The second kappa shape index (κ2) is 7.03. The number of piperidine rings is 1. The molecule has 2 aliphatic rings. The summed E-state index contributed by atoms with van der Waals surface area (Å²) in [7, 11) is 0. The van der Waals surface area contributed by atoms with Gasteiger partial charge in [0.1, 0.15) is 11.9 Å². The lowest BCUT2D eigenvalue weighted by molar-refractivity contribution is 0.0493. The van der Waals surface area contributed by atoms with Crippen LogP contribution in [-0.2, 0) is 5.41 Å². The highest BCUT2D eigenvalue weighted by atomic mass is 16.5. The molecule has 1 saturated carbocycles. The van der Waals surface area contributed by atoms with Gasteiger partial charge in [-0.15, -0.1) is 5.10 Å². The van der Waals surface area contributed by atoms with E-state index in [1.54, 1.807) is 0 Å². The van der Waals surface area contributed by atoms with Crippen LogP contribution in [-0.4, -0.2) is 45.1 Å². The summed E-state index contributed by atoms with van der Waals surface area (Å²) in [6, 6.07) is 9.06. The predicted molar refractivity (Wildman–Crippen MR) is 103 cm³/mol. The molecule has 1 aliphatic heterocycles. The molecule has 5 heteroatoms. The van der Waals surface area contributed by atoms with Crippen LogP contribution in [0.2, 0.25) is 0 Å². The minimum absolute atomic E-state index is 0.00957. The third-order valence-electron chi connectivity index (χ3n) is 5.73. The molecule has 1 aliphatic carbocycles. The molecule has 4 rings (SSSR count). The number of nitrogens with zero attached hydrogens (tertiary/aromatic N) is 4. The van der Waals surface area contributed by atoms with Gasteiger partial charge in [-0.05, 0) is 49.9 Å². The first-order chi connectivity index (χ1) is 12.5. The van der Waals surface area contributed by atoms with E-state index >= 15 is 0 Å². The van der Waals surface area contributed by atoms with Crippen LogP contribution in [0.25, 0.3) is 5.69 Å². The summed E-state index contributed by atoms with van der Waals surface area (Å²) < 4.78 is 8.05. The van der Waals surface area contributed by atoms with E-state index in [9.17, 15) is 0 Å². The molecule has 0 amide bonds. The van der Waals surface area contributed by atoms with Crippen LogP contribution in [0.3, 0.4) is 0 Å². The Kier molecular flexibility index (Phi) is 4.74. The van der Waals surface area contributed by atoms with Gasteiger partial charge in [0.15, 0.2) is 0 Å². The quantitative estimate of drug-likeness (QED) is 0.833. The molecule has 2 heterocycles. The third kappa shape index (κ3) is 3.78. The van der Waals surface area contributed by atoms with Gasteiger partial charge < -0.3 is 9.64 Å². The first-order valence-electron chi connectivity index (χ1n) is 9.93. The fourth-order valence-corrected chi connectivity index (χ4v) is 3.71. The fourth-order valence-electron chi connectivity index (χ4n) is 3.71. The normalized spacial score (nSPS) is 20.1. The molecule has 2 fully saturated rings. The zero-order valence-electron chi connectivity index (χ0n) is 16.2. The molecule has 0 spiro atoms. The van der Waals surface area contributed by atoms with Gasteiger partial charge in [-0.2, -0.15) is 0 Å². The second-order valence-electron chi connectivity index (χ2n) is 8.73. The van der Waals surface area contributed by atoms with Crippen molar-refractivity contribution in [3.63, 3.8) is 0 Å². The Bertz CT molecular complexity index is 719. The average Bonchev–Trinajstić information content (AvgIpc) is 3.06. The maximum absolute atomic E-state index is 6.21. The van der Waals surface area contributed by atoms with Gasteiger partial charge in [-0.25, -0.2) is 4.68 Å². The molecule has 0 atom stereocenters. The standard InChI is InChI=1S/C21H30N4O/c1-21(2,3)20-15-25(23-22-20)17-7-9-18(10-8-17)26-19-11-13-24(14-12-19)16-5-4-6-16/h7-10,15-16,19H,4-6,11-14H2,1-3H3. The van der Waals surface area contributed by atoms with E-state index in [0.29, 0.717) is 6.10 Å². The summed E-state index contributed by atoms with van der Waals surface area (Å²) in [4.78, 5) is 2.66. The lowest BCUT2D eigenvalue weighted by atomic mass is 9.90. The number of hydrogen-bond donors (Lipinski definition) is 0. The predicted octanol–water partition coefficient (Wildman–Crippen LogP) is 3.96. The Morgan fingerprint density at radius 3 is 2.23 bits per heavy atom. The van der Waals surface area contributed by atoms with Crippen LogP contribution in [0.4, 0.5) is 0 Å². The van der Waals surface area contributed by atoms with Gasteiger partial charge in [-0.3, -0.25) is 0 Å². The summed E-state index contributed by atoms with van der Waals surface area (Å²) in [6.45, 7) is 8.81. The fraction of sp³-hybridized carbons (Fsp3) is 0.619. The number of hydrogen-bond acceptors (Lipinski definition) is 4. The number of aromatic nitrogens is 3. The molecule has 0 unspecified atom stereocenters. The summed E-state index contributed by atoms with van der Waals surface area (Å²) in [5.41, 5.74) is 2.02. The van der Waals surface area contributed by atoms with Crippen molar-refractivity contribution in [3.8, 4) is 11.4 Å². The monoisotopic (exact) mass is 354 g/mol. The number of ether oxygens (including phenoxy) is 1. The molecule has 5 nitrogen and oxygen atoms in total. The van der Waals surface area contributed by atoms with Gasteiger partial charge >= 0.3 is 0 Å². The molecule has 0 bridgehead atoms. The molecule has 26 heavy (non-hydrogen) atoms. The molecule has 0 radical (unpaired) electrons. The molecule has 0 N–H and O–H groups in total. The van der Waals surface area contributed by atoms with Crippen molar-refractivity contribution in [3.05, 3.63) is 36.2 Å². The smallest absolute Gasteiger partial charge is 0.119 e. The summed E-state index contributed by atoms with van der Waals surface area (Å²) in [5.74, 6) is 0.951. The van der Waals surface area contributed by atoms with Crippen LogP contribution >= 0.6 is 0 Å². The Morgan fingerprint density at radius 2 is 1.69 bits per heavy atom. The van der Waals surface area contributed by atoms with Gasteiger partial charge in [0.25, 0.3) is 0 Å². The Hall–Kier alpha value is -1.88. The van der Waals surface area contributed by atoms with Gasteiger partial charge in [0.2, 0.25) is 0 Å². The van der Waals surface area contributed by atoms with E-state index in [-0.39, 0.29) is 5.41 Å². The van der Waals surface area contributed by atoms with E-state index < -0.39 is 0 Å². The molecule has 1 aromatic heterocycles. The Balaban J connectivity index is 1.34. The largest absolute Gasteiger partial charge is 0.490 e. The van der Waals surface area contributed by atoms with Crippen molar-refractivity contribution in [1.29, 1.82) is 0 Å². The maximum Gasteiger partial charge on any atom is 0.119 e. The summed E-state index contributed by atoms with van der Waals surface area (Å²) >= 11 is 0. The third-order valence-corrected chi connectivity index (χ3v) is 5.73. The molecule has 140 valence electrons. The second-order valence-corrected chi connectivity index (χ2v) is 8.73. The first kappa shape index (κ1) is 17.5. The van der Waals surface area contributed by atoms with Crippen LogP contribution < -0.4 is 4.74 Å². The van der Waals surface area contributed by atoms with Crippen molar-refractivity contribution < 1.29 is 4.74 Å². The van der Waals surface area contributed by atoms with Gasteiger partial charge in [0, 0.05) is 24.5 Å². The summed E-state index contributed by atoms with van der Waals surface area (Å²) in [5, 5.41) is 8.55. The topological polar surface area (TPSA) is 43.2 Å². The highest BCUT2D eigenvalue weighted by Crippen LogP contribution is 2.29. The highest BCUT2D eigenvalue weighted by molar-refractivity contribution is 5.37. The minimum Gasteiger partial charge on any atom is -0.490 e. The molecular formula is C21H30N4O. The SMILES string of the molecule is CC(C)(C)c1cn(-c2ccc(OC3CCN(C4CCC4)CC3)cc2)nn1. The molecule has 1 aromatic carbocycles. The maximum atomic E-state index is 6.21. The van der Waals surface area contributed by atoms with Crippen LogP contribution in [0.1, 0.15) is 58.6 Å². The lowest BCUT2D eigenvalue weighted by Gasteiger charge is -2.41. The Labute approximate surface area is 156 Å². The number of benzene rings is 1. The Morgan fingerprint density at radius 1 is 1.00 bits per heavy atom. The van der Waals surface area contributed by atoms with Gasteiger partial charge in [-0.1, -0.05) is 32.4 Å². The van der Waals surface area contributed by atoms with Crippen LogP contribution in [0.5, 0.6) is 5.75 Å². The van der Waals surface area contributed by atoms with Crippen molar-refractivity contribution >= 4 is 0 Å². The van der Waals surface area contributed by atoms with E-state index in [1.807, 2.05) is 23.0 Å². The number of likely N-dealkylation sites (tertiary alicyclic amines) is 1. The van der Waals surface area contributed by atoms with Crippen molar-refractivity contribution in [2.45, 2.75) is 70.4 Å². The van der Waals surface area contributed by atoms with Gasteiger partial charge in [0.05, 0.1) is 17.6 Å². The van der Waals surface area contributed by atoms with Crippen LogP contribution in [0, 0.1) is 0 Å². The molecule has 2 aromatic rings. The zero-order chi connectivity index (χ0) is 18.1. The van der Waals surface area contributed by atoms with E-state index in [4.69, 9.17) is 4.74 Å². The van der Waals surface area contributed by atoms with E-state index in [0.717, 1.165) is 36.0 Å². The van der Waals surface area contributed by atoms with Crippen LogP contribution in [0.15, 0.2) is 30.5 Å². The van der Waals surface area contributed by atoms with Crippen molar-refractivity contribution in [2.75, 3.05) is 13.1 Å². The average molecular weight is 354 g/mol.